The van der Waals surface area contributed by atoms with Crippen LogP contribution in [0.5, 0.6) is 0 Å². The SMILES string of the molecule is Cc1ccc(CS(=O)(=O)NCC(c2cccn2C)N2CCc3ccccc3C2)cc1. The quantitative estimate of drug-likeness (QED) is 0.632. The van der Waals surface area contributed by atoms with E-state index in [-0.39, 0.29) is 11.8 Å². The van der Waals surface area contributed by atoms with E-state index in [2.05, 4.69) is 44.5 Å². The van der Waals surface area contributed by atoms with Crippen molar-refractivity contribution in [1.82, 2.24) is 14.2 Å². The number of sulfonamides is 1. The van der Waals surface area contributed by atoms with Crippen LogP contribution in [0.15, 0.2) is 66.9 Å². The summed E-state index contributed by atoms with van der Waals surface area (Å²) in [5.74, 6) is -0.00400. The largest absolute Gasteiger partial charge is 0.353 e. The molecule has 0 fully saturated rings. The molecule has 30 heavy (non-hydrogen) atoms. The number of nitrogens with zero attached hydrogens (tertiary/aromatic N) is 2. The number of fused-ring (bicyclic) bond motifs is 1. The Hall–Kier alpha value is -2.41. The van der Waals surface area contributed by atoms with Crippen LogP contribution in [0.1, 0.15) is 34.0 Å². The van der Waals surface area contributed by atoms with Gasteiger partial charge in [0.05, 0.1) is 11.8 Å². The smallest absolute Gasteiger partial charge is 0.215 e. The topological polar surface area (TPSA) is 54.3 Å². The highest BCUT2D eigenvalue weighted by molar-refractivity contribution is 7.88. The normalized spacial score (nSPS) is 15.7. The molecule has 0 bridgehead atoms. The highest BCUT2D eigenvalue weighted by Crippen LogP contribution is 2.28. The first-order valence-corrected chi connectivity index (χ1v) is 12.0. The lowest BCUT2D eigenvalue weighted by Crippen LogP contribution is -2.41. The molecule has 1 N–H and O–H groups in total. The molecule has 3 aromatic rings. The molecule has 6 heteroatoms. The van der Waals surface area contributed by atoms with Crippen molar-refractivity contribution in [2.75, 3.05) is 13.1 Å². The third-order valence-electron chi connectivity index (χ3n) is 5.90. The van der Waals surface area contributed by atoms with Crippen molar-refractivity contribution >= 4 is 10.0 Å². The van der Waals surface area contributed by atoms with Crippen LogP contribution >= 0.6 is 0 Å². The summed E-state index contributed by atoms with van der Waals surface area (Å²) in [6.07, 6.45) is 2.99. The molecule has 2 heterocycles. The first-order chi connectivity index (χ1) is 14.4. The zero-order chi connectivity index (χ0) is 21.1. The van der Waals surface area contributed by atoms with E-state index in [9.17, 15) is 8.42 Å². The van der Waals surface area contributed by atoms with Crippen LogP contribution in [-0.2, 0) is 35.8 Å². The minimum Gasteiger partial charge on any atom is -0.353 e. The van der Waals surface area contributed by atoms with E-state index in [1.54, 1.807) is 0 Å². The number of aryl methyl sites for hydroxylation is 2. The van der Waals surface area contributed by atoms with Gasteiger partial charge >= 0.3 is 0 Å². The van der Waals surface area contributed by atoms with Crippen molar-refractivity contribution in [3.63, 3.8) is 0 Å². The van der Waals surface area contributed by atoms with Crippen LogP contribution in [0.25, 0.3) is 0 Å². The number of hydrogen-bond acceptors (Lipinski definition) is 3. The average molecular weight is 424 g/mol. The van der Waals surface area contributed by atoms with Crippen molar-refractivity contribution in [3.8, 4) is 0 Å². The van der Waals surface area contributed by atoms with E-state index < -0.39 is 10.0 Å². The van der Waals surface area contributed by atoms with Crippen molar-refractivity contribution in [3.05, 3.63) is 94.8 Å². The van der Waals surface area contributed by atoms with Crippen LogP contribution in [0.2, 0.25) is 0 Å². The lowest BCUT2D eigenvalue weighted by atomic mass is 9.98. The van der Waals surface area contributed by atoms with E-state index in [4.69, 9.17) is 0 Å². The maximum Gasteiger partial charge on any atom is 0.215 e. The van der Waals surface area contributed by atoms with Crippen molar-refractivity contribution < 1.29 is 8.42 Å². The van der Waals surface area contributed by atoms with Gasteiger partial charge in [0.15, 0.2) is 0 Å². The van der Waals surface area contributed by atoms with E-state index >= 15 is 0 Å². The molecule has 0 saturated heterocycles. The summed E-state index contributed by atoms with van der Waals surface area (Å²) < 4.78 is 30.5. The van der Waals surface area contributed by atoms with Gasteiger partial charge in [-0.3, -0.25) is 4.90 Å². The first kappa shape index (κ1) is 20.8. The summed E-state index contributed by atoms with van der Waals surface area (Å²) in [6.45, 7) is 4.09. The second kappa shape index (κ2) is 8.76. The summed E-state index contributed by atoms with van der Waals surface area (Å²) in [5, 5.41) is 0. The highest BCUT2D eigenvalue weighted by Gasteiger charge is 2.27. The molecule has 2 aromatic carbocycles. The number of rotatable bonds is 7. The number of hydrogen-bond donors (Lipinski definition) is 1. The van der Waals surface area contributed by atoms with Crippen LogP contribution in [0, 0.1) is 6.92 Å². The average Bonchev–Trinajstić information content (AvgIpc) is 3.15. The van der Waals surface area contributed by atoms with Gasteiger partial charge in [-0.1, -0.05) is 54.1 Å². The lowest BCUT2D eigenvalue weighted by molar-refractivity contribution is 0.174. The summed E-state index contributed by atoms with van der Waals surface area (Å²) >= 11 is 0. The van der Waals surface area contributed by atoms with Crippen molar-refractivity contribution in [2.24, 2.45) is 7.05 Å². The summed E-state index contributed by atoms with van der Waals surface area (Å²) in [4.78, 5) is 2.38. The molecule has 158 valence electrons. The second-order valence-corrected chi connectivity index (χ2v) is 9.95. The monoisotopic (exact) mass is 423 g/mol. The molecule has 4 rings (SSSR count). The maximum absolute atomic E-state index is 12.8. The zero-order valence-corrected chi connectivity index (χ0v) is 18.4. The van der Waals surface area contributed by atoms with E-state index in [1.807, 2.05) is 50.5 Å². The van der Waals surface area contributed by atoms with E-state index in [1.165, 1.54) is 11.1 Å². The Morgan fingerprint density at radius 3 is 2.43 bits per heavy atom. The Morgan fingerprint density at radius 2 is 1.73 bits per heavy atom. The first-order valence-electron chi connectivity index (χ1n) is 10.4. The van der Waals surface area contributed by atoms with Gasteiger partial charge < -0.3 is 4.57 Å². The minimum absolute atomic E-state index is 0.00400. The van der Waals surface area contributed by atoms with E-state index in [0.717, 1.165) is 36.3 Å². The molecular weight excluding hydrogens is 394 g/mol. The highest BCUT2D eigenvalue weighted by atomic mass is 32.2. The van der Waals surface area contributed by atoms with Gasteiger partial charge in [-0.2, -0.15) is 0 Å². The fourth-order valence-electron chi connectivity index (χ4n) is 4.19. The minimum atomic E-state index is -3.43. The Bertz CT molecular complexity index is 1100. The Morgan fingerprint density at radius 1 is 1.00 bits per heavy atom. The molecule has 5 nitrogen and oxygen atoms in total. The van der Waals surface area contributed by atoms with Crippen LogP contribution in [0.4, 0.5) is 0 Å². The van der Waals surface area contributed by atoms with Gasteiger partial charge in [0.25, 0.3) is 0 Å². The molecule has 0 aliphatic carbocycles. The van der Waals surface area contributed by atoms with Crippen LogP contribution < -0.4 is 4.72 Å². The fourth-order valence-corrected chi connectivity index (χ4v) is 5.33. The van der Waals surface area contributed by atoms with Crippen LogP contribution in [-0.4, -0.2) is 31.0 Å². The third kappa shape index (κ3) is 4.83. The standard InChI is InChI=1S/C24H29N3O2S/c1-19-9-11-20(12-10-19)18-30(28,29)25-16-24(23-8-5-14-26(23)2)27-15-13-21-6-3-4-7-22(21)17-27/h3-12,14,24-25H,13,15-18H2,1-2H3. The van der Waals surface area contributed by atoms with Crippen molar-refractivity contribution in [1.29, 1.82) is 0 Å². The molecule has 0 amide bonds. The Balaban J connectivity index is 1.51. The predicted octanol–water partition coefficient (Wildman–Crippen LogP) is 3.55. The van der Waals surface area contributed by atoms with Crippen molar-refractivity contribution in [2.45, 2.75) is 31.7 Å². The Kier molecular flexibility index (Phi) is 6.09. The van der Waals surface area contributed by atoms with Gasteiger partial charge in [0.1, 0.15) is 0 Å². The van der Waals surface area contributed by atoms with Gasteiger partial charge in [0, 0.05) is 38.6 Å². The Labute approximate surface area is 179 Å². The molecule has 1 aliphatic heterocycles. The molecule has 0 saturated carbocycles. The fraction of sp³-hybridized carbons (Fsp3) is 0.333. The molecule has 1 unspecified atom stereocenters. The number of aromatic nitrogens is 1. The molecule has 0 spiro atoms. The summed E-state index contributed by atoms with van der Waals surface area (Å²) in [7, 11) is -1.42. The molecule has 1 atom stereocenters. The predicted molar refractivity (Wildman–Crippen MR) is 121 cm³/mol. The maximum atomic E-state index is 12.8. The third-order valence-corrected chi connectivity index (χ3v) is 7.22. The van der Waals surface area contributed by atoms with Gasteiger partial charge in [-0.15, -0.1) is 0 Å². The molecular formula is C24H29N3O2S. The number of nitrogens with one attached hydrogen (secondary N) is 1. The number of benzene rings is 2. The van der Waals surface area contributed by atoms with Gasteiger partial charge in [-0.25, -0.2) is 13.1 Å². The lowest BCUT2D eigenvalue weighted by Gasteiger charge is -2.36. The zero-order valence-electron chi connectivity index (χ0n) is 17.6. The second-order valence-electron chi connectivity index (χ2n) is 8.14. The van der Waals surface area contributed by atoms with E-state index in [0.29, 0.717) is 6.54 Å². The molecule has 1 aliphatic rings. The summed E-state index contributed by atoms with van der Waals surface area (Å²) in [5.41, 5.74) is 5.76. The van der Waals surface area contributed by atoms with Gasteiger partial charge in [0.2, 0.25) is 10.0 Å². The summed E-state index contributed by atoms with van der Waals surface area (Å²) in [6, 6.07) is 20.2. The van der Waals surface area contributed by atoms with Crippen LogP contribution in [0.3, 0.4) is 0 Å². The molecule has 1 aromatic heterocycles. The molecule has 0 radical (unpaired) electrons. The van der Waals surface area contributed by atoms with Gasteiger partial charge in [-0.05, 0) is 42.2 Å².